The second-order valence-corrected chi connectivity index (χ2v) is 6.58. The van der Waals surface area contributed by atoms with Crippen LogP contribution >= 0.6 is 0 Å². The van der Waals surface area contributed by atoms with E-state index in [0.717, 1.165) is 47.1 Å². The average molecular weight is 443 g/mol. The second-order valence-electron chi connectivity index (χ2n) is 6.58. The number of hydrogen-bond acceptors (Lipinski definition) is 6. The molecule has 1 amide bonds. The van der Waals surface area contributed by atoms with Crippen molar-refractivity contribution >= 4 is 22.9 Å². The van der Waals surface area contributed by atoms with Gasteiger partial charge >= 0.3 is 0 Å². The van der Waals surface area contributed by atoms with Gasteiger partial charge in [-0.05, 0) is 36.4 Å². The maximum Gasteiger partial charge on any atom is 0.280 e. The topological polar surface area (TPSA) is 123 Å². The van der Waals surface area contributed by atoms with Gasteiger partial charge in [-0.2, -0.15) is 5.10 Å². The molecule has 4 rings (SSSR count). The van der Waals surface area contributed by atoms with Gasteiger partial charge in [0, 0.05) is 11.6 Å². The predicted molar refractivity (Wildman–Crippen MR) is 106 cm³/mol. The minimum Gasteiger partial charge on any atom is -0.506 e. The summed E-state index contributed by atoms with van der Waals surface area (Å²) < 4.78 is 41.3. The van der Waals surface area contributed by atoms with Gasteiger partial charge in [0.15, 0.2) is 5.65 Å². The van der Waals surface area contributed by atoms with E-state index in [1.807, 2.05) is 0 Å². The fraction of sp³-hybridized carbons (Fsp3) is 0.0500. The molecule has 2 N–H and O–H groups in total. The van der Waals surface area contributed by atoms with E-state index in [4.69, 9.17) is 0 Å². The summed E-state index contributed by atoms with van der Waals surface area (Å²) in [6, 6.07) is 9.13. The highest BCUT2D eigenvalue weighted by Gasteiger charge is 2.22. The van der Waals surface area contributed by atoms with Crippen molar-refractivity contribution < 1.29 is 28.0 Å². The molecule has 0 spiro atoms. The molecular weight excluding hydrogens is 431 g/mol. The molecule has 32 heavy (non-hydrogen) atoms. The Balaban J connectivity index is 1.76. The number of nitro groups is 1. The number of halogens is 3. The molecule has 162 valence electrons. The molecule has 0 fully saturated rings. The molecule has 0 atom stereocenters. The third kappa shape index (κ3) is 3.80. The summed E-state index contributed by atoms with van der Waals surface area (Å²) in [6.45, 7) is 0. The molecular formula is C20H12F3N5O4. The lowest BCUT2D eigenvalue weighted by Crippen LogP contribution is -2.13. The Hall–Kier alpha value is -4.48. The molecule has 0 bridgehead atoms. The van der Waals surface area contributed by atoms with E-state index < -0.39 is 34.5 Å². The number of nitro benzene ring substituents is 1. The molecule has 0 unspecified atom stereocenters. The largest absolute Gasteiger partial charge is 0.506 e. The van der Waals surface area contributed by atoms with Crippen LogP contribution in [0.3, 0.4) is 0 Å². The first-order valence-corrected chi connectivity index (χ1v) is 8.96. The number of rotatable bonds is 5. The summed E-state index contributed by atoms with van der Waals surface area (Å²) in [7, 11) is 0. The number of non-ortho nitro benzene ring substituents is 1. The molecule has 9 nitrogen and oxygen atoms in total. The molecule has 0 aliphatic carbocycles. The first-order chi connectivity index (χ1) is 15.2. The Bertz CT molecular complexity index is 1360. The van der Waals surface area contributed by atoms with E-state index in [9.17, 15) is 33.2 Å². The lowest BCUT2D eigenvalue weighted by Gasteiger charge is -2.09. The third-order valence-electron chi connectivity index (χ3n) is 4.55. The van der Waals surface area contributed by atoms with Crippen molar-refractivity contribution in [2.75, 3.05) is 5.32 Å². The van der Waals surface area contributed by atoms with Crippen LogP contribution in [0.1, 0.15) is 22.5 Å². The maximum atomic E-state index is 13.6. The standard InChI is InChI=1S/C20H12F3N5O4/c21-11-3-1-10(2-4-11)15-8-16(18(22)23)27-19(25-15)13(9-24-27)20(30)26-14-6-5-12(28(31)32)7-17(14)29/h1-9,18,29H,(H,26,30). The number of carbonyl (C=O) groups is 1. The van der Waals surface area contributed by atoms with Crippen LogP contribution in [-0.4, -0.2) is 30.5 Å². The number of benzene rings is 2. The zero-order valence-electron chi connectivity index (χ0n) is 15.9. The highest BCUT2D eigenvalue weighted by molar-refractivity contribution is 6.08. The van der Waals surface area contributed by atoms with E-state index in [-0.39, 0.29) is 28.3 Å². The molecule has 0 aliphatic heterocycles. The van der Waals surface area contributed by atoms with Crippen molar-refractivity contribution in [3.8, 4) is 17.0 Å². The third-order valence-corrected chi connectivity index (χ3v) is 4.55. The van der Waals surface area contributed by atoms with Crippen LogP contribution in [0.5, 0.6) is 5.75 Å². The fourth-order valence-electron chi connectivity index (χ4n) is 3.00. The highest BCUT2D eigenvalue weighted by Crippen LogP contribution is 2.30. The van der Waals surface area contributed by atoms with E-state index in [1.165, 1.54) is 12.1 Å². The molecule has 0 saturated heterocycles. The minimum atomic E-state index is -2.95. The number of aromatic nitrogens is 3. The van der Waals surface area contributed by atoms with Crippen LogP contribution in [0.15, 0.2) is 54.7 Å². The normalized spacial score (nSPS) is 11.1. The van der Waals surface area contributed by atoms with E-state index in [1.54, 1.807) is 0 Å². The fourth-order valence-corrected chi connectivity index (χ4v) is 3.00. The molecule has 0 radical (unpaired) electrons. The molecule has 0 aliphatic rings. The summed E-state index contributed by atoms with van der Waals surface area (Å²) >= 11 is 0. The number of fused-ring (bicyclic) bond motifs is 1. The van der Waals surface area contributed by atoms with Crippen molar-refractivity contribution in [1.82, 2.24) is 14.6 Å². The van der Waals surface area contributed by atoms with Crippen molar-refractivity contribution in [3.63, 3.8) is 0 Å². The Morgan fingerprint density at radius 2 is 1.88 bits per heavy atom. The number of aromatic hydroxyl groups is 1. The van der Waals surface area contributed by atoms with Crippen molar-refractivity contribution in [2.45, 2.75) is 6.43 Å². The molecule has 2 aromatic heterocycles. The summed E-state index contributed by atoms with van der Waals surface area (Å²) in [5.41, 5.74) is -1.02. The van der Waals surface area contributed by atoms with Gasteiger partial charge in [0.25, 0.3) is 18.0 Å². The summed E-state index contributed by atoms with van der Waals surface area (Å²) in [4.78, 5) is 27.0. The Labute approximate surface area is 176 Å². The number of phenols is 1. The zero-order chi connectivity index (χ0) is 23.0. The van der Waals surface area contributed by atoms with Crippen LogP contribution < -0.4 is 5.32 Å². The van der Waals surface area contributed by atoms with Gasteiger partial charge in [-0.3, -0.25) is 14.9 Å². The molecule has 2 heterocycles. The molecule has 0 saturated carbocycles. The van der Waals surface area contributed by atoms with Gasteiger partial charge in [-0.1, -0.05) is 0 Å². The number of amides is 1. The SMILES string of the molecule is O=C(Nc1ccc([N+](=O)[O-])cc1O)c1cnn2c(C(F)F)cc(-c3ccc(F)cc3)nc12. The van der Waals surface area contributed by atoms with Crippen LogP contribution in [0.25, 0.3) is 16.9 Å². The number of carbonyl (C=O) groups excluding carboxylic acids is 1. The van der Waals surface area contributed by atoms with Crippen LogP contribution in [-0.2, 0) is 0 Å². The van der Waals surface area contributed by atoms with Gasteiger partial charge in [0.05, 0.1) is 28.6 Å². The second kappa shape index (κ2) is 7.98. The maximum absolute atomic E-state index is 13.6. The zero-order valence-corrected chi connectivity index (χ0v) is 15.9. The first-order valence-electron chi connectivity index (χ1n) is 8.96. The number of anilines is 1. The monoisotopic (exact) mass is 443 g/mol. The van der Waals surface area contributed by atoms with E-state index in [0.29, 0.717) is 5.56 Å². The lowest BCUT2D eigenvalue weighted by molar-refractivity contribution is -0.384. The number of phenolic OH excluding ortho intramolecular Hbond substituents is 1. The van der Waals surface area contributed by atoms with Crippen LogP contribution in [0.2, 0.25) is 0 Å². The number of alkyl halides is 2. The molecule has 2 aromatic carbocycles. The van der Waals surface area contributed by atoms with Crippen molar-refractivity contribution in [2.24, 2.45) is 0 Å². The number of hydrogen-bond donors (Lipinski definition) is 2. The molecule has 4 aromatic rings. The van der Waals surface area contributed by atoms with Gasteiger partial charge in [0.1, 0.15) is 22.8 Å². The van der Waals surface area contributed by atoms with Gasteiger partial charge in [-0.25, -0.2) is 22.7 Å². The van der Waals surface area contributed by atoms with Crippen molar-refractivity contribution in [3.05, 3.63) is 81.9 Å². The minimum absolute atomic E-state index is 0.0699. The number of nitrogens with one attached hydrogen (secondary N) is 1. The van der Waals surface area contributed by atoms with Crippen LogP contribution in [0, 0.1) is 15.9 Å². The molecule has 12 heteroatoms. The predicted octanol–water partition coefficient (Wildman–Crippen LogP) is 4.34. The Morgan fingerprint density at radius 3 is 2.50 bits per heavy atom. The summed E-state index contributed by atoms with van der Waals surface area (Å²) in [5.74, 6) is -1.92. The first kappa shape index (κ1) is 20.8. The lowest BCUT2D eigenvalue weighted by atomic mass is 10.1. The highest BCUT2D eigenvalue weighted by atomic mass is 19.3. The Kier molecular flexibility index (Phi) is 5.18. The summed E-state index contributed by atoms with van der Waals surface area (Å²) in [5, 5.41) is 26.9. The van der Waals surface area contributed by atoms with Gasteiger partial charge < -0.3 is 10.4 Å². The Morgan fingerprint density at radius 1 is 1.16 bits per heavy atom. The van der Waals surface area contributed by atoms with Gasteiger partial charge in [0.2, 0.25) is 0 Å². The van der Waals surface area contributed by atoms with Crippen molar-refractivity contribution in [1.29, 1.82) is 0 Å². The summed E-state index contributed by atoms with van der Waals surface area (Å²) in [6.07, 6.45) is -1.92. The van der Waals surface area contributed by atoms with E-state index in [2.05, 4.69) is 15.4 Å². The smallest absolute Gasteiger partial charge is 0.280 e. The van der Waals surface area contributed by atoms with Gasteiger partial charge in [-0.15, -0.1) is 0 Å². The van der Waals surface area contributed by atoms with E-state index >= 15 is 0 Å². The average Bonchev–Trinajstić information content (AvgIpc) is 3.18. The quantitative estimate of drug-likeness (QED) is 0.269. The van der Waals surface area contributed by atoms with Crippen LogP contribution in [0.4, 0.5) is 24.5 Å². The number of nitrogens with zero attached hydrogens (tertiary/aromatic N) is 4.